The summed E-state index contributed by atoms with van der Waals surface area (Å²) >= 11 is 5.94. The van der Waals surface area contributed by atoms with Crippen molar-refractivity contribution in [3.63, 3.8) is 0 Å². The van der Waals surface area contributed by atoms with Gasteiger partial charge in [0.05, 0.1) is 4.90 Å². The van der Waals surface area contributed by atoms with E-state index >= 15 is 0 Å². The largest absolute Gasteiger partial charge is 0.419 e. The summed E-state index contributed by atoms with van der Waals surface area (Å²) in [6, 6.07) is 13.8. The van der Waals surface area contributed by atoms with Crippen molar-refractivity contribution in [1.29, 1.82) is 0 Å². The quantitative estimate of drug-likeness (QED) is 0.556. The van der Waals surface area contributed by atoms with E-state index in [0.717, 1.165) is 37.1 Å². The Bertz CT molecular complexity index is 1120. The summed E-state index contributed by atoms with van der Waals surface area (Å²) in [5.74, 6) is 1.25. The van der Waals surface area contributed by atoms with E-state index in [2.05, 4.69) is 11.9 Å². The van der Waals surface area contributed by atoms with Gasteiger partial charge in [0, 0.05) is 23.7 Å². The lowest BCUT2D eigenvalue weighted by Crippen LogP contribution is -2.33. The highest BCUT2D eigenvalue weighted by Gasteiger charge is 2.32. The third kappa shape index (κ3) is 4.05. The van der Waals surface area contributed by atoms with Crippen molar-refractivity contribution in [1.82, 2.24) is 4.98 Å². The predicted octanol–water partition coefficient (Wildman–Crippen LogP) is 5.37. The van der Waals surface area contributed by atoms with Crippen LogP contribution in [-0.4, -0.2) is 26.5 Å². The fourth-order valence-electron chi connectivity index (χ4n) is 3.51. The standard InChI is InChI=1S/C22H23ClN2O3S/c1-15-10-12-25(13-11-15)22-21(29(26,27)19-8-6-18(23)7-9-19)24-20(28-22)17-5-3-4-16(2)14-17/h3-9,14-15H,10-13H2,1-2H3. The number of nitrogens with zero attached hydrogens (tertiary/aromatic N) is 2. The van der Waals surface area contributed by atoms with Gasteiger partial charge in [-0.2, -0.15) is 4.98 Å². The average Bonchev–Trinajstić information content (AvgIpc) is 3.15. The van der Waals surface area contributed by atoms with Gasteiger partial charge in [-0.1, -0.05) is 36.2 Å². The molecular weight excluding hydrogens is 408 g/mol. The van der Waals surface area contributed by atoms with E-state index in [-0.39, 0.29) is 9.92 Å². The Balaban J connectivity index is 1.83. The number of aryl methyl sites for hydroxylation is 1. The van der Waals surface area contributed by atoms with Crippen molar-refractivity contribution >= 4 is 27.3 Å². The van der Waals surface area contributed by atoms with Crippen molar-refractivity contribution < 1.29 is 12.8 Å². The molecule has 1 aliphatic heterocycles. The molecule has 2 heterocycles. The second-order valence-electron chi connectivity index (χ2n) is 7.63. The maximum Gasteiger partial charge on any atom is 0.236 e. The minimum absolute atomic E-state index is 0.0362. The van der Waals surface area contributed by atoms with E-state index in [1.54, 1.807) is 12.1 Å². The average molecular weight is 431 g/mol. The summed E-state index contributed by atoms with van der Waals surface area (Å²) in [5, 5.41) is 0.445. The van der Waals surface area contributed by atoms with E-state index in [9.17, 15) is 8.42 Å². The van der Waals surface area contributed by atoms with Gasteiger partial charge in [0.1, 0.15) is 0 Å². The van der Waals surface area contributed by atoms with E-state index < -0.39 is 9.84 Å². The van der Waals surface area contributed by atoms with Crippen LogP contribution in [0.1, 0.15) is 25.3 Å². The second kappa shape index (κ2) is 7.84. The fourth-order valence-corrected chi connectivity index (χ4v) is 4.96. The minimum Gasteiger partial charge on any atom is -0.419 e. The highest BCUT2D eigenvalue weighted by atomic mass is 35.5. The van der Waals surface area contributed by atoms with Gasteiger partial charge in [-0.3, -0.25) is 0 Å². The van der Waals surface area contributed by atoms with Crippen molar-refractivity contribution in [2.75, 3.05) is 18.0 Å². The van der Waals surface area contributed by atoms with Crippen LogP contribution in [0.3, 0.4) is 0 Å². The highest BCUT2D eigenvalue weighted by molar-refractivity contribution is 7.91. The molecule has 1 fully saturated rings. The summed E-state index contributed by atoms with van der Waals surface area (Å²) in [7, 11) is -3.85. The van der Waals surface area contributed by atoms with Crippen LogP contribution in [0.15, 0.2) is 62.9 Å². The van der Waals surface area contributed by atoms with Crippen LogP contribution < -0.4 is 4.90 Å². The molecule has 1 saturated heterocycles. The number of aromatic nitrogens is 1. The smallest absolute Gasteiger partial charge is 0.236 e. The highest BCUT2D eigenvalue weighted by Crippen LogP contribution is 2.36. The summed E-state index contributed by atoms with van der Waals surface area (Å²) in [6.45, 7) is 5.67. The first-order valence-corrected chi connectivity index (χ1v) is 11.5. The molecule has 0 aliphatic carbocycles. The second-order valence-corrected chi connectivity index (χ2v) is 9.93. The van der Waals surface area contributed by atoms with E-state index in [1.807, 2.05) is 36.1 Å². The number of hydrogen-bond acceptors (Lipinski definition) is 5. The molecule has 0 N–H and O–H groups in total. The molecule has 152 valence electrons. The van der Waals surface area contributed by atoms with Gasteiger partial charge >= 0.3 is 0 Å². The van der Waals surface area contributed by atoms with E-state index in [4.69, 9.17) is 16.0 Å². The Hall–Kier alpha value is -2.31. The molecule has 7 heteroatoms. The molecule has 0 saturated carbocycles. The number of anilines is 1. The molecule has 0 atom stereocenters. The lowest BCUT2D eigenvalue weighted by Gasteiger charge is -2.30. The molecule has 0 amide bonds. The maximum atomic E-state index is 13.4. The molecule has 1 aliphatic rings. The van der Waals surface area contributed by atoms with Gasteiger partial charge in [-0.15, -0.1) is 0 Å². The fraction of sp³-hybridized carbons (Fsp3) is 0.318. The lowest BCUT2D eigenvalue weighted by molar-refractivity contribution is 0.415. The number of sulfone groups is 1. The number of piperidine rings is 1. The van der Waals surface area contributed by atoms with E-state index in [0.29, 0.717) is 22.7 Å². The predicted molar refractivity (Wildman–Crippen MR) is 114 cm³/mol. The van der Waals surface area contributed by atoms with Gasteiger partial charge in [0.15, 0.2) is 0 Å². The van der Waals surface area contributed by atoms with Gasteiger partial charge < -0.3 is 9.32 Å². The van der Waals surface area contributed by atoms with Crippen LogP contribution in [0, 0.1) is 12.8 Å². The first-order valence-electron chi connectivity index (χ1n) is 9.68. The van der Waals surface area contributed by atoms with E-state index in [1.165, 1.54) is 12.1 Å². The van der Waals surface area contributed by atoms with Gasteiger partial charge in [-0.25, -0.2) is 8.42 Å². The number of oxazole rings is 1. The van der Waals surface area contributed by atoms with Crippen LogP contribution in [0.2, 0.25) is 5.02 Å². The molecule has 4 rings (SSSR count). The third-order valence-electron chi connectivity index (χ3n) is 5.29. The summed E-state index contributed by atoms with van der Waals surface area (Å²) in [6.07, 6.45) is 1.97. The number of benzene rings is 2. The number of hydrogen-bond donors (Lipinski definition) is 0. The van der Waals surface area contributed by atoms with Crippen LogP contribution in [-0.2, 0) is 9.84 Å². The topological polar surface area (TPSA) is 63.4 Å². The van der Waals surface area contributed by atoms with Gasteiger partial charge in [0.25, 0.3) is 0 Å². The van der Waals surface area contributed by atoms with Crippen LogP contribution in [0.5, 0.6) is 0 Å². The lowest BCUT2D eigenvalue weighted by atomic mass is 9.99. The van der Waals surface area contributed by atoms with Crippen LogP contribution in [0.25, 0.3) is 11.5 Å². The molecule has 2 aromatic carbocycles. The van der Waals surface area contributed by atoms with Crippen LogP contribution >= 0.6 is 11.6 Å². The monoisotopic (exact) mass is 430 g/mol. The Kier molecular flexibility index (Phi) is 5.40. The Labute approximate surface area is 176 Å². The summed E-state index contributed by atoms with van der Waals surface area (Å²) < 4.78 is 32.9. The zero-order valence-corrected chi connectivity index (χ0v) is 18.0. The molecular formula is C22H23ClN2O3S. The molecule has 29 heavy (non-hydrogen) atoms. The third-order valence-corrected chi connectivity index (χ3v) is 7.21. The van der Waals surface area contributed by atoms with Crippen LogP contribution in [0.4, 0.5) is 5.88 Å². The normalized spacial score (nSPS) is 15.6. The molecule has 5 nitrogen and oxygen atoms in total. The first-order chi connectivity index (χ1) is 13.8. The number of rotatable bonds is 4. The minimum atomic E-state index is -3.85. The Morgan fingerprint density at radius 2 is 1.79 bits per heavy atom. The number of halogens is 1. The first kappa shape index (κ1) is 20.0. The van der Waals surface area contributed by atoms with Crippen molar-refractivity contribution in [3.8, 4) is 11.5 Å². The molecule has 0 bridgehead atoms. The molecule has 0 radical (unpaired) electrons. The molecule has 3 aromatic rings. The Morgan fingerprint density at radius 1 is 1.10 bits per heavy atom. The molecule has 1 aromatic heterocycles. The zero-order chi connectivity index (χ0) is 20.6. The van der Waals surface area contributed by atoms with Gasteiger partial charge in [0.2, 0.25) is 26.6 Å². The molecule has 0 unspecified atom stereocenters. The van der Waals surface area contributed by atoms with Crippen molar-refractivity contribution in [2.24, 2.45) is 5.92 Å². The molecule has 0 spiro atoms. The Morgan fingerprint density at radius 3 is 2.45 bits per heavy atom. The van der Waals surface area contributed by atoms with Gasteiger partial charge in [-0.05, 0) is 62.1 Å². The maximum absolute atomic E-state index is 13.4. The SMILES string of the molecule is Cc1cccc(-c2nc(S(=O)(=O)c3ccc(Cl)cc3)c(N3CCC(C)CC3)o2)c1. The summed E-state index contributed by atoms with van der Waals surface area (Å²) in [4.78, 5) is 6.60. The zero-order valence-electron chi connectivity index (χ0n) is 16.4. The van der Waals surface area contributed by atoms with Crippen molar-refractivity contribution in [2.45, 2.75) is 36.6 Å². The van der Waals surface area contributed by atoms with Crippen molar-refractivity contribution in [3.05, 3.63) is 59.1 Å². The summed E-state index contributed by atoms with van der Waals surface area (Å²) in [5.41, 5.74) is 1.81.